The molecule has 2 heteroatoms. The molecule has 0 bridgehead atoms. The van der Waals surface area contributed by atoms with Crippen LogP contribution in [0.4, 0.5) is 0 Å². The van der Waals surface area contributed by atoms with E-state index < -0.39 is 0 Å². The smallest absolute Gasteiger partial charge is 0.133 e. The molecule has 0 radical (unpaired) electrons. The first-order chi connectivity index (χ1) is 5.92. The van der Waals surface area contributed by atoms with Crippen LogP contribution in [-0.4, -0.2) is 0 Å². The fraction of sp³-hybridized carbons (Fsp3) is 0.300. The first kappa shape index (κ1) is 7.70. The van der Waals surface area contributed by atoms with E-state index in [9.17, 15) is 0 Å². The number of nitrogens with zero attached hydrogens (tertiary/aromatic N) is 1. The van der Waals surface area contributed by atoms with E-state index >= 15 is 0 Å². The van der Waals surface area contributed by atoms with Crippen molar-refractivity contribution in [3.05, 3.63) is 35.4 Å². The molecule has 1 aromatic carbocycles. The largest absolute Gasteiger partial charge is 0.185 e. The highest BCUT2D eigenvalue weighted by atomic mass is 32.2. The maximum atomic E-state index is 8.57. The van der Waals surface area contributed by atoms with Gasteiger partial charge in [-0.25, -0.2) is 0 Å². The maximum absolute atomic E-state index is 8.57. The van der Waals surface area contributed by atoms with Gasteiger partial charge in [0.1, 0.15) is 5.40 Å². The second kappa shape index (κ2) is 3.20. The number of thioether (sulfide) groups is 1. The van der Waals surface area contributed by atoms with Gasteiger partial charge in [-0.3, -0.25) is 0 Å². The second-order valence-electron chi connectivity index (χ2n) is 2.94. The third-order valence-electron chi connectivity index (χ3n) is 2.27. The quantitative estimate of drug-likeness (QED) is 0.613. The molecule has 0 N–H and O–H groups in total. The van der Waals surface area contributed by atoms with Gasteiger partial charge in [0.15, 0.2) is 0 Å². The van der Waals surface area contributed by atoms with Crippen LogP contribution >= 0.6 is 11.8 Å². The minimum atomic E-state index is 0.422. The first-order valence-electron chi connectivity index (χ1n) is 4.04. The summed E-state index contributed by atoms with van der Waals surface area (Å²) in [7, 11) is 0. The number of hydrogen-bond acceptors (Lipinski definition) is 2. The van der Waals surface area contributed by atoms with Crippen LogP contribution in [0.15, 0.2) is 24.3 Å². The summed E-state index contributed by atoms with van der Waals surface area (Å²) in [5, 5.41) is 11.2. The lowest BCUT2D eigenvalue weighted by molar-refractivity contribution is 0.894. The lowest BCUT2D eigenvalue weighted by Gasteiger charge is -2.03. The van der Waals surface area contributed by atoms with Gasteiger partial charge in [0.25, 0.3) is 0 Å². The Balaban J connectivity index is 2.31. The number of aryl methyl sites for hydroxylation is 1. The molecule has 60 valence electrons. The zero-order valence-corrected chi connectivity index (χ0v) is 7.47. The molecule has 0 saturated carbocycles. The highest BCUT2D eigenvalue weighted by molar-refractivity contribution is 8.03. The monoisotopic (exact) mass is 175 g/mol. The maximum Gasteiger partial charge on any atom is 0.133 e. The molecule has 0 unspecified atom stereocenters. The van der Waals surface area contributed by atoms with Crippen molar-refractivity contribution in [2.24, 2.45) is 0 Å². The highest BCUT2D eigenvalue weighted by Gasteiger charge is 2.21. The summed E-state index contributed by atoms with van der Waals surface area (Å²) in [6.07, 6.45) is 2.26. The van der Waals surface area contributed by atoms with Gasteiger partial charge < -0.3 is 0 Å². The van der Waals surface area contributed by atoms with E-state index in [0.29, 0.717) is 5.25 Å². The number of hydrogen-bond donors (Lipinski definition) is 0. The van der Waals surface area contributed by atoms with Crippen LogP contribution in [0.2, 0.25) is 0 Å². The van der Waals surface area contributed by atoms with Crippen LogP contribution in [-0.2, 0) is 6.42 Å². The van der Waals surface area contributed by atoms with Crippen molar-refractivity contribution in [1.82, 2.24) is 0 Å². The minimum Gasteiger partial charge on any atom is -0.185 e. The van der Waals surface area contributed by atoms with Crippen LogP contribution in [0.5, 0.6) is 0 Å². The number of rotatable bonds is 1. The van der Waals surface area contributed by atoms with E-state index in [2.05, 4.69) is 29.7 Å². The van der Waals surface area contributed by atoms with E-state index in [0.717, 1.165) is 12.8 Å². The standard InChI is InChI=1S/C10H9NS/c11-7-12-10-6-5-8-3-1-2-4-9(8)10/h1-4,10H,5-6H2/t10-/m0/s1. The summed E-state index contributed by atoms with van der Waals surface area (Å²) >= 11 is 1.39. The molecule has 0 saturated heterocycles. The Labute approximate surface area is 76.4 Å². The predicted molar refractivity (Wildman–Crippen MR) is 50.7 cm³/mol. The van der Waals surface area contributed by atoms with Crippen LogP contribution in [0.3, 0.4) is 0 Å². The molecule has 0 aliphatic heterocycles. The number of benzene rings is 1. The normalized spacial score (nSPS) is 20.1. The molecule has 0 fully saturated rings. The second-order valence-corrected chi connectivity index (χ2v) is 3.92. The molecule has 0 amide bonds. The van der Waals surface area contributed by atoms with Crippen LogP contribution in [0.1, 0.15) is 22.8 Å². The van der Waals surface area contributed by atoms with E-state index in [1.807, 2.05) is 0 Å². The van der Waals surface area contributed by atoms with Gasteiger partial charge in [-0.2, -0.15) is 5.26 Å². The Morgan fingerprint density at radius 3 is 3.08 bits per heavy atom. The minimum absolute atomic E-state index is 0.422. The summed E-state index contributed by atoms with van der Waals surface area (Å²) in [5.74, 6) is 0. The van der Waals surface area contributed by atoms with E-state index in [1.165, 1.54) is 22.9 Å². The Kier molecular flexibility index (Phi) is 2.05. The first-order valence-corrected chi connectivity index (χ1v) is 4.92. The van der Waals surface area contributed by atoms with Crippen molar-refractivity contribution >= 4 is 11.8 Å². The summed E-state index contributed by atoms with van der Waals surface area (Å²) in [6, 6.07) is 8.41. The van der Waals surface area contributed by atoms with Crippen molar-refractivity contribution in [2.45, 2.75) is 18.1 Å². The van der Waals surface area contributed by atoms with Gasteiger partial charge >= 0.3 is 0 Å². The molecular weight excluding hydrogens is 166 g/mol. The molecule has 1 atom stereocenters. The lowest BCUT2D eigenvalue weighted by atomic mass is 10.1. The van der Waals surface area contributed by atoms with Gasteiger partial charge in [0, 0.05) is 5.25 Å². The fourth-order valence-electron chi connectivity index (χ4n) is 1.70. The number of thiocyanates is 1. The summed E-state index contributed by atoms with van der Waals surface area (Å²) in [6.45, 7) is 0. The molecule has 0 aromatic heterocycles. The van der Waals surface area contributed by atoms with Gasteiger partial charge in [0.05, 0.1) is 0 Å². The average molecular weight is 175 g/mol. The predicted octanol–water partition coefficient (Wildman–Crippen LogP) is 2.89. The Hall–Kier alpha value is -0.940. The molecule has 12 heavy (non-hydrogen) atoms. The van der Waals surface area contributed by atoms with Gasteiger partial charge in [-0.05, 0) is 35.7 Å². The topological polar surface area (TPSA) is 23.8 Å². The Morgan fingerprint density at radius 2 is 2.25 bits per heavy atom. The molecular formula is C10H9NS. The van der Waals surface area contributed by atoms with E-state index in [4.69, 9.17) is 5.26 Å². The summed E-state index contributed by atoms with van der Waals surface area (Å²) in [4.78, 5) is 0. The lowest BCUT2D eigenvalue weighted by Crippen LogP contribution is -1.84. The Bertz CT molecular complexity index is 327. The van der Waals surface area contributed by atoms with E-state index in [1.54, 1.807) is 0 Å². The SMILES string of the molecule is N#CS[C@H]1CCc2ccccc21. The van der Waals surface area contributed by atoms with Crippen molar-refractivity contribution < 1.29 is 0 Å². The van der Waals surface area contributed by atoms with E-state index in [-0.39, 0.29) is 0 Å². The number of nitriles is 1. The third kappa shape index (κ3) is 1.21. The van der Waals surface area contributed by atoms with Gasteiger partial charge in [0.2, 0.25) is 0 Å². The molecule has 1 aliphatic rings. The molecule has 0 spiro atoms. The Morgan fingerprint density at radius 1 is 1.42 bits per heavy atom. The van der Waals surface area contributed by atoms with Crippen molar-refractivity contribution in [2.75, 3.05) is 0 Å². The van der Waals surface area contributed by atoms with Crippen LogP contribution in [0.25, 0.3) is 0 Å². The molecule has 1 aromatic rings. The fourth-order valence-corrected chi connectivity index (χ4v) is 2.42. The van der Waals surface area contributed by atoms with Crippen molar-refractivity contribution in [3.8, 4) is 5.40 Å². The molecule has 1 nitrogen and oxygen atoms in total. The molecule has 0 heterocycles. The summed E-state index contributed by atoms with van der Waals surface area (Å²) in [5.41, 5.74) is 2.79. The highest BCUT2D eigenvalue weighted by Crippen LogP contribution is 2.40. The zero-order valence-electron chi connectivity index (χ0n) is 6.66. The zero-order chi connectivity index (χ0) is 8.39. The molecule has 1 aliphatic carbocycles. The number of fused-ring (bicyclic) bond motifs is 1. The van der Waals surface area contributed by atoms with Crippen molar-refractivity contribution in [1.29, 1.82) is 5.26 Å². The molecule has 2 rings (SSSR count). The van der Waals surface area contributed by atoms with Crippen LogP contribution in [0, 0.1) is 10.7 Å². The average Bonchev–Trinajstić information content (AvgIpc) is 2.50. The van der Waals surface area contributed by atoms with Gasteiger partial charge in [-0.15, -0.1) is 0 Å². The third-order valence-corrected chi connectivity index (χ3v) is 3.15. The van der Waals surface area contributed by atoms with Gasteiger partial charge in [-0.1, -0.05) is 24.3 Å². The summed E-state index contributed by atoms with van der Waals surface area (Å²) < 4.78 is 0. The van der Waals surface area contributed by atoms with Crippen molar-refractivity contribution in [3.63, 3.8) is 0 Å². The van der Waals surface area contributed by atoms with Crippen LogP contribution < -0.4 is 0 Å².